The van der Waals surface area contributed by atoms with Crippen LogP contribution in [0.4, 0.5) is 11.6 Å². The SMILES string of the molecule is CNc1cc(=O)c2cccc(N)c2o1. The lowest BCUT2D eigenvalue weighted by Gasteiger charge is -2.03. The molecule has 0 saturated heterocycles. The summed E-state index contributed by atoms with van der Waals surface area (Å²) in [6.07, 6.45) is 0. The summed E-state index contributed by atoms with van der Waals surface area (Å²) < 4.78 is 5.39. The van der Waals surface area contributed by atoms with Crippen LogP contribution in [0.15, 0.2) is 33.5 Å². The normalized spacial score (nSPS) is 10.4. The molecule has 0 saturated carbocycles. The average Bonchev–Trinajstić information content (AvgIpc) is 2.19. The highest BCUT2D eigenvalue weighted by molar-refractivity contribution is 5.87. The number of fused-ring (bicyclic) bond motifs is 1. The van der Waals surface area contributed by atoms with Crippen LogP contribution in [-0.2, 0) is 0 Å². The van der Waals surface area contributed by atoms with Crippen molar-refractivity contribution >= 4 is 22.5 Å². The fourth-order valence-electron chi connectivity index (χ4n) is 1.32. The molecule has 0 fully saturated rings. The van der Waals surface area contributed by atoms with Crippen molar-refractivity contribution in [3.8, 4) is 0 Å². The minimum Gasteiger partial charge on any atom is -0.438 e. The Kier molecular flexibility index (Phi) is 1.89. The molecule has 0 amide bonds. The molecule has 3 N–H and O–H groups in total. The van der Waals surface area contributed by atoms with Crippen molar-refractivity contribution < 1.29 is 4.42 Å². The molecule has 0 bridgehead atoms. The highest BCUT2D eigenvalue weighted by atomic mass is 16.3. The van der Waals surface area contributed by atoms with Crippen LogP contribution in [0.5, 0.6) is 0 Å². The summed E-state index contributed by atoms with van der Waals surface area (Å²) in [7, 11) is 1.68. The molecule has 1 aromatic carbocycles. The van der Waals surface area contributed by atoms with Gasteiger partial charge in [-0.05, 0) is 12.1 Å². The summed E-state index contributed by atoms with van der Waals surface area (Å²) >= 11 is 0. The van der Waals surface area contributed by atoms with Crippen LogP contribution in [0, 0.1) is 0 Å². The minimum absolute atomic E-state index is 0.0945. The number of rotatable bonds is 1. The summed E-state index contributed by atoms with van der Waals surface area (Å²) in [5.41, 5.74) is 6.50. The third-order valence-corrected chi connectivity index (χ3v) is 2.03. The molecule has 4 nitrogen and oxygen atoms in total. The van der Waals surface area contributed by atoms with Gasteiger partial charge in [-0.3, -0.25) is 4.79 Å². The van der Waals surface area contributed by atoms with E-state index in [0.29, 0.717) is 22.5 Å². The van der Waals surface area contributed by atoms with E-state index in [1.807, 2.05) is 0 Å². The second-order valence-corrected chi connectivity index (χ2v) is 2.95. The van der Waals surface area contributed by atoms with E-state index < -0.39 is 0 Å². The van der Waals surface area contributed by atoms with E-state index in [1.54, 1.807) is 25.2 Å². The Bertz CT molecular complexity index is 531. The molecule has 72 valence electrons. The fraction of sp³-hybridized carbons (Fsp3) is 0.100. The van der Waals surface area contributed by atoms with Crippen LogP contribution in [-0.4, -0.2) is 7.05 Å². The smallest absolute Gasteiger partial charge is 0.197 e. The third-order valence-electron chi connectivity index (χ3n) is 2.03. The molecule has 4 heteroatoms. The van der Waals surface area contributed by atoms with Crippen molar-refractivity contribution in [2.45, 2.75) is 0 Å². The lowest BCUT2D eigenvalue weighted by Crippen LogP contribution is -2.03. The zero-order valence-electron chi connectivity index (χ0n) is 7.70. The van der Waals surface area contributed by atoms with Crippen molar-refractivity contribution in [2.24, 2.45) is 0 Å². The summed E-state index contributed by atoms with van der Waals surface area (Å²) in [4.78, 5) is 11.6. The molecule has 0 spiro atoms. The number of hydrogen-bond acceptors (Lipinski definition) is 4. The quantitative estimate of drug-likeness (QED) is 0.667. The minimum atomic E-state index is -0.0945. The lowest BCUT2D eigenvalue weighted by atomic mass is 10.2. The number of benzene rings is 1. The van der Waals surface area contributed by atoms with Crippen LogP contribution in [0.2, 0.25) is 0 Å². The number of nitrogen functional groups attached to an aromatic ring is 1. The van der Waals surface area contributed by atoms with Gasteiger partial charge in [0.05, 0.1) is 11.1 Å². The van der Waals surface area contributed by atoms with Crippen LogP contribution < -0.4 is 16.5 Å². The van der Waals surface area contributed by atoms with Gasteiger partial charge in [0, 0.05) is 13.1 Å². The van der Waals surface area contributed by atoms with E-state index in [2.05, 4.69) is 5.32 Å². The zero-order valence-corrected chi connectivity index (χ0v) is 7.70. The average molecular weight is 190 g/mol. The van der Waals surface area contributed by atoms with Crippen molar-refractivity contribution in [3.63, 3.8) is 0 Å². The van der Waals surface area contributed by atoms with E-state index in [9.17, 15) is 4.79 Å². The van der Waals surface area contributed by atoms with Gasteiger partial charge in [0.25, 0.3) is 0 Å². The summed E-state index contributed by atoms with van der Waals surface area (Å²) in [5, 5.41) is 3.27. The first-order valence-corrected chi connectivity index (χ1v) is 4.22. The van der Waals surface area contributed by atoms with Crippen LogP contribution in [0.3, 0.4) is 0 Å². The maximum atomic E-state index is 11.6. The molecule has 1 aromatic heterocycles. The topological polar surface area (TPSA) is 68.3 Å². The second kappa shape index (κ2) is 3.06. The molecule has 1 heterocycles. The molecule has 0 atom stereocenters. The van der Waals surface area contributed by atoms with Crippen LogP contribution in [0.25, 0.3) is 11.0 Å². The van der Waals surface area contributed by atoms with Crippen LogP contribution in [0.1, 0.15) is 0 Å². The number of para-hydroxylation sites is 1. The van der Waals surface area contributed by atoms with E-state index in [1.165, 1.54) is 6.07 Å². The molecule has 0 aliphatic rings. The first-order chi connectivity index (χ1) is 6.72. The van der Waals surface area contributed by atoms with E-state index in [4.69, 9.17) is 10.2 Å². The maximum Gasteiger partial charge on any atom is 0.197 e. The van der Waals surface area contributed by atoms with Crippen molar-refractivity contribution in [1.29, 1.82) is 0 Å². The third kappa shape index (κ3) is 1.21. The zero-order chi connectivity index (χ0) is 10.1. The number of hydrogen-bond donors (Lipinski definition) is 2. The molecule has 14 heavy (non-hydrogen) atoms. The lowest BCUT2D eigenvalue weighted by molar-refractivity contribution is 0.621. The second-order valence-electron chi connectivity index (χ2n) is 2.95. The largest absolute Gasteiger partial charge is 0.438 e. The first kappa shape index (κ1) is 8.62. The molecule has 2 aromatic rings. The first-order valence-electron chi connectivity index (χ1n) is 4.22. The number of nitrogens with two attached hydrogens (primary N) is 1. The van der Waals surface area contributed by atoms with Gasteiger partial charge in [0.2, 0.25) is 0 Å². The molecular weight excluding hydrogens is 180 g/mol. The Labute approximate surface area is 80.3 Å². The fourth-order valence-corrected chi connectivity index (χ4v) is 1.32. The maximum absolute atomic E-state index is 11.6. The number of nitrogens with one attached hydrogen (secondary N) is 1. The molecule has 0 unspecified atom stereocenters. The van der Waals surface area contributed by atoms with Gasteiger partial charge in [0.1, 0.15) is 0 Å². The number of anilines is 2. The van der Waals surface area contributed by atoms with Gasteiger partial charge < -0.3 is 15.5 Å². The summed E-state index contributed by atoms with van der Waals surface area (Å²) in [5.74, 6) is 0.417. The molecule has 0 radical (unpaired) electrons. The Balaban J connectivity index is 2.91. The highest BCUT2D eigenvalue weighted by Gasteiger charge is 2.05. The predicted octanol–water partition coefficient (Wildman–Crippen LogP) is 1.42. The Morgan fingerprint density at radius 1 is 1.43 bits per heavy atom. The Hall–Kier alpha value is -1.97. The van der Waals surface area contributed by atoms with E-state index >= 15 is 0 Å². The van der Waals surface area contributed by atoms with Gasteiger partial charge in [-0.15, -0.1) is 0 Å². The highest BCUT2D eigenvalue weighted by Crippen LogP contribution is 2.20. The van der Waals surface area contributed by atoms with Crippen molar-refractivity contribution in [1.82, 2.24) is 0 Å². The molecule has 2 rings (SSSR count). The van der Waals surface area contributed by atoms with Gasteiger partial charge >= 0.3 is 0 Å². The summed E-state index contributed by atoms with van der Waals surface area (Å²) in [6.45, 7) is 0. The van der Waals surface area contributed by atoms with E-state index in [0.717, 1.165) is 0 Å². The van der Waals surface area contributed by atoms with Crippen molar-refractivity contribution in [3.05, 3.63) is 34.5 Å². The van der Waals surface area contributed by atoms with Gasteiger partial charge in [-0.1, -0.05) is 6.07 Å². The Morgan fingerprint density at radius 3 is 2.93 bits per heavy atom. The molecular formula is C10H10N2O2. The van der Waals surface area contributed by atoms with Crippen molar-refractivity contribution in [2.75, 3.05) is 18.1 Å². The van der Waals surface area contributed by atoms with Crippen LogP contribution >= 0.6 is 0 Å². The summed E-state index contributed by atoms with van der Waals surface area (Å²) in [6, 6.07) is 6.52. The van der Waals surface area contributed by atoms with Gasteiger partial charge in [-0.2, -0.15) is 0 Å². The molecule has 0 aliphatic carbocycles. The molecule has 0 aliphatic heterocycles. The standard InChI is InChI=1S/C10H10N2O2/c1-12-9-5-8(13)6-3-2-4-7(11)10(6)14-9/h2-5,12H,11H2,1H3. The van der Waals surface area contributed by atoms with Gasteiger partial charge in [0.15, 0.2) is 16.9 Å². The van der Waals surface area contributed by atoms with Gasteiger partial charge in [-0.25, -0.2) is 0 Å². The Morgan fingerprint density at radius 2 is 2.21 bits per heavy atom. The van der Waals surface area contributed by atoms with E-state index in [-0.39, 0.29) is 5.43 Å². The predicted molar refractivity (Wildman–Crippen MR) is 56.4 cm³/mol. The monoisotopic (exact) mass is 190 g/mol.